The van der Waals surface area contributed by atoms with Crippen molar-refractivity contribution in [2.24, 2.45) is 11.1 Å². The number of amides is 1. The quantitative estimate of drug-likeness (QED) is 0.896. The first-order valence-corrected chi connectivity index (χ1v) is 8.93. The van der Waals surface area contributed by atoms with Gasteiger partial charge in [0.25, 0.3) is 0 Å². The maximum atomic E-state index is 12.5. The van der Waals surface area contributed by atoms with Crippen LogP contribution in [0.15, 0.2) is 23.1 Å². The van der Waals surface area contributed by atoms with Gasteiger partial charge in [-0.25, -0.2) is 13.6 Å². The zero-order valence-electron chi connectivity index (χ0n) is 12.5. The Bertz CT molecular complexity index is 699. The summed E-state index contributed by atoms with van der Waals surface area (Å²) in [4.78, 5) is 14.2. The highest BCUT2D eigenvalue weighted by Gasteiger charge is 2.35. The first-order valence-electron chi connectivity index (χ1n) is 7.39. The molecule has 1 aliphatic carbocycles. The van der Waals surface area contributed by atoms with Gasteiger partial charge in [-0.2, -0.15) is 0 Å². The minimum atomic E-state index is -3.76. The summed E-state index contributed by atoms with van der Waals surface area (Å²) in [7, 11) is -2.09. The van der Waals surface area contributed by atoms with Crippen molar-refractivity contribution >= 4 is 21.6 Å². The molecule has 120 valence electrons. The van der Waals surface area contributed by atoms with Crippen LogP contribution in [0.3, 0.4) is 0 Å². The number of carbonyl (C=O) groups excluding carboxylic acids is 1. The van der Waals surface area contributed by atoms with Crippen molar-refractivity contribution in [2.75, 3.05) is 18.6 Å². The SMILES string of the molecule is COC1CCC1CC(=O)N1CCc2ccc(S(N)(=O)=O)cc21. The Balaban J connectivity index is 1.79. The molecule has 0 saturated heterocycles. The molecule has 0 spiro atoms. The maximum absolute atomic E-state index is 12.5. The molecule has 6 nitrogen and oxygen atoms in total. The molecule has 1 aliphatic heterocycles. The summed E-state index contributed by atoms with van der Waals surface area (Å²) in [5.74, 6) is 0.292. The Hall–Kier alpha value is -1.44. The summed E-state index contributed by atoms with van der Waals surface area (Å²) >= 11 is 0. The normalized spacial score (nSPS) is 24.0. The third-order valence-electron chi connectivity index (χ3n) is 4.67. The topological polar surface area (TPSA) is 89.7 Å². The third-order valence-corrected chi connectivity index (χ3v) is 5.58. The van der Waals surface area contributed by atoms with Gasteiger partial charge in [-0.15, -0.1) is 0 Å². The monoisotopic (exact) mass is 324 g/mol. The Labute approximate surface area is 130 Å². The average Bonchev–Trinajstić information content (AvgIpc) is 2.86. The molecular formula is C15H20N2O4S. The van der Waals surface area contributed by atoms with Gasteiger partial charge in [0.15, 0.2) is 0 Å². The van der Waals surface area contributed by atoms with Gasteiger partial charge in [0, 0.05) is 25.8 Å². The summed E-state index contributed by atoms with van der Waals surface area (Å²) in [5, 5.41) is 5.17. The van der Waals surface area contributed by atoms with E-state index in [-0.39, 0.29) is 22.8 Å². The van der Waals surface area contributed by atoms with Gasteiger partial charge >= 0.3 is 0 Å². The molecule has 0 aromatic heterocycles. The van der Waals surface area contributed by atoms with E-state index >= 15 is 0 Å². The number of primary sulfonamides is 1. The fraction of sp³-hybridized carbons (Fsp3) is 0.533. The van der Waals surface area contributed by atoms with Gasteiger partial charge < -0.3 is 9.64 Å². The number of hydrogen-bond donors (Lipinski definition) is 1. The van der Waals surface area contributed by atoms with Gasteiger partial charge in [0.1, 0.15) is 0 Å². The van der Waals surface area contributed by atoms with E-state index in [2.05, 4.69) is 0 Å². The molecule has 1 heterocycles. The standard InChI is InChI=1S/C15H20N2O4S/c1-21-14-5-3-11(14)8-15(18)17-7-6-10-2-4-12(9-13(10)17)22(16,19)20/h2,4,9,11,14H,3,5-8H2,1H3,(H2,16,19,20). The first kappa shape index (κ1) is 15.5. The van der Waals surface area contributed by atoms with Crippen molar-refractivity contribution in [1.29, 1.82) is 0 Å². The van der Waals surface area contributed by atoms with E-state index in [1.54, 1.807) is 18.1 Å². The molecule has 0 radical (unpaired) electrons. The fourth-order valence-electron chi connectivity index (χ4n) is 3.21. The zero-order chi connectivity index (χ0) is 15.9. The second kappa shape index (κ2) is 5.64. The second-order valence-electron chi connectivity index (χ2n) is 5.95. The number of sulfonamides is 1. The van der Waals surface area contributed by atoms with Crippen LogP contribution in [0.4, 0.5) is 5.69 Å². The van der Waals surface area contributed by atoms with Crippen molar-refractivity contribution in [3.05, 3.63) is 23.8 Å². The number of fused-ring (bicyclic) bond motifs is 1. The van der Waals surface area contributed by atoms with Crippen LogP contribution >= 0.6 is 0 Å². The second-order valence-corrected chi connectivity index (χ2v) is 7.51. The number of benzene rings is 1. The largest absolute Gasteiger partial charge is 0.381 e. The molecule has 2 atom stereocenters. The van der Waals surface area contributed by atoms with E-state index in [0.29, 0.717) is 18.7 Å². The molecule has 1 amide bonds. The Morgan fingerprint density at radius 3 is 2.77 bits per heavy atom. The number of rotatable bonds is 4. The van der Waals surface area contributed by atoms with Crippen LogP contribution in [0.2, 0.25) is 0 Å². The smallest absolute Gasteiger partial charge is 0.238 e. The predicted octanol–water partition coefficient (Wildman–Crippen LogP) is 1.04. The van der Waals surface area contributed by atoms with Gasteiger partial charge in [-0.05, 0) is 42.9 Å². The van der Waals surface area contributed by atoms with Crippen LogP contribution in [0.5, 0.6) is 0 Å². The minimum absolute atomic E-state index is 0.0251. The molecule has 2 unspecified atom stereocenters. The highest BCUT2D eigenvalue weighted by atomic mass is 32.2. The molecule has 1 aromatic rings. The van der Waals surface area contributed by atoms with E-state index in [1.165, 1.54) is 12.1 Å². The van der Waals surface area contributed by atoms with Crippen LogP contribution in [0.1, 0.15) is 24.8 Å². The number of carbonyl (C=O) groups is 1. The molecule has 1 aromatic carbocycles. The average molecular weight is 324 g/mol. The van der Waals surface area contributed by atoms with Gasteiger partial charge in [-0.3, -0.25) is 4.79 Å². The molecule has 3 rings (SSSR count). The Morgan fingerprint density at radius 2 is 2.18 bits per heavy atom. The molecule has 1 saturated carbocycles. The maximum Gasteiger partial charge on any atom is 0.238 e. The summed E-state index contributed by atoms with van der Waals surface area (Å²) in [6, 6.07) is 4.74. The molecule has 7 heteroatoms. The molecule has 22 heavy (non-hydrogen) atoms. The lowest BCUT2D eigenvalue weighted by Crippen LogP contribution is -2.39. The summed E-state index contributed by atoms with van der Waals surface area (Å²) in [6.45, 7) is 0.590. The Kier molecular flexibility index (Phi) is 3.96. The van der Waals surface area contributed by atoms with Gasteiger partial charge in [-0.1, -0.05) is 6.07 Å². The molecule has 0 bridgehead atoms. The number of hydrogen-bond acceptors (Lipinski definition) is 4. The number of nitrogens with two attached hydrogens (primary N) is 1. The van der Waals surface area contributed by atoms with Crippen LogP contribution in [0, 0.1) is 5.92 Å². The molecule has 1 fully saturated rings. The third kappa shape index (κ3) is 2.76. The van der Waals surface area contributed by atoms with Crippen molar-refractivity contribution < 1.29 is 17.9 Å². The minimum Gasteiger partial charge on any atom is -0.381 e. The lowest BCUT2D eigenvalue weighted by atomic mass is 9.79. The van der Waals surface area contributed by atoms with Crippen molar-refractivity contribution in [2.45, 2.75) is 36.7 Å². The number of nitrogens with zero attached hydrogens (tertiary/aromatic N) is 1. The van der Waals surface area contributed by atoms with E-state index in [0.717, 1.165) is 24.8 Å². The van der Waals surface area contributed by atoms with Crippen molar-refractivity contribution in [1.82, 2.24) is 0 Å². The van der Waals surface area contributed by atoms with Crippen molar-refractivity contribution in [3.63, 3.8) is 0 Å². The molecular weight excluding hydrogens is 304 g/mol. The fourth-order valence-corrected chi connectivity index (χ4v) is 3.75. The summed E-state index contributed by atoms with van der Waals surface area (Å²) < 4.78 is 28.3. The molecule has 2 N–H and O–H groups in total. The van der Waals surface area contributed by atoms with Crippen LogP contribution < -0.4 is 10.0 Å². The zero-order valence-corrected chi connectivity index (χ0v) is 13.3. The lowest BCUT2D eigenvalue weighted by molar-refractivity contribution is -0.122. The lowest BCUT2D eigenvalue weighted by Gasteiger charge is -2.35. The van der Waals surface area contributed by atoms with Crippen molar-refractivity contribution in [3.8, 4) is 0 Å². The highest BCUT2D eigenvalue weighted by Crippen LogP contribution is 2.36. The van der Waals surface area contributed by atoms with E-state index in [4.69, 9.17) is 9.88 Å². The van der Waals surface area contributed by atoms with Gasteiger partial charge in [0.05, 0.1) is 11.0 Å². The summed E-state index contributed by atoms with van der Waals surface area (Å²) in [5.41, 5.74) is 1.66. The van der Waals surface area contributed by atoms with Crippen LogP contribution in [-0.4, -0.2) is 34.1 Å². The van der Waals surface area contributed by atoms with E-state index in [1.807, 2.05) is 0 Å². The number of methoxy groups -OCH3 is 1. The van der Waals surface area contributed by atoms with E-state index in [9.17, 15) is 13.2 Å². The van der Waals surface area contributed by atoms with E-state index < -0.39 is 10.0 Å². The number of ether oxygens (including phenoxy) is 1. The predicted molar refractivity (Wildman–Crippen MR) is 82.0 cm³/mol. The van der Waals surface area contributed by atoms with Crippen LogP contribution in [0.25, 0.3) is 0 Å². The Morgan fingerprint density at radius 1 is 1.41 bits per heavy atom. The molecule has 2 aliphatic rings. The number of anilines is 1. The van der Waals surface area contributed by atoms with Gasteiger partial charge in [0.2, 0.25) is 15.9 Å². The summed E-state index contributed by atoms with van der Waals surface area (Å²) in [6.07, 6.45) is 3.35. The highest BCUT2D eigenvalue weighted by molar-refractivity contribution is 7.89. The van der Waals surface area contributed by atoms with Crippen LogP contribution in [-0.2, 0) is 26.0 Å². The first-order chi connectivity index (χ1) is 10.4.